The Hall–Kier alpha value is -1.43. The Morgan fingerprint density at radius 3 is 2.43 bits per heavy atom. The highest BCUT2D eigenvalue weighted by Gasteiger charge is 2.22. The molecule has 0 spiro atoms. The van der Waals surface area contributed by atoms with Crippen LogP contribution in [0.1, 0.15) is 50.6 Å². The summed E-state index contributed by atoms with van der Waals surface area (Å²) < 4.78 is 0. The van der Waals surface area contributed by atoms with Crippen molar-refractivity contribution in [1.29, 1.82) is 0 Å². The molecule has 3 N–H and O–H groups in total. The van der Waals surface area contributed by atoms with Gasteiger partial charge in [0.1, 0.15) is 0 Å². The first-order valence-corrected chi connectivity index (χ1v) is 8.42. The van der Waals surface area contributed by atoms with Crippen molar-refractivity contribution in [3.05, 3.63) is 35.9 Å². The van der Waals surface area contributed by atoms with E-state index in [1.165, 1.54) is 12.8 Å². The number of nitrogens with one attached hydrogen (secondary N) is 1. The Kier molecular flexibility index (Phi) is 9.52. The smallest absolute Gasteiger partial charge is 0.0634 e. The summed E-state index contributed by atoms with van der Waals surface area (Å²) in [6, 6.07) is 9.47. The molecule has 2 unspecified atom stereocenters. The monoisotopic (exact) mass is 321 g/mol. The van der Waals surface area contributed by atoms with E-state index in [2.05, 4.69) is 22.5 Å². The lowest BCUT2D eigenvalue weighted by molar-refractivity contribution is 0.127. The van der Waals surface area contributed by atoms with Gasteiger partial charge in [0, 0.05) is 18.9 Å². The number of unbranched alkanes of at least 4 members (excludes halogenated alkanes) is 2. The predicted octanol–water partition coefficient (Wildman–Crippen LogP) is 3.68. The van der Waals surface area contributed by atoms with Crippen LogP contribution in [0.25, 0.3) is 0 Å². The summed E-state index contributed by atoms with van der Waals surface area (Å²) in [7, 11) is 4.06. The van der Waals surface area contributed by atoms with Crippen molar-refractivity contribution < 1.29 is 10.4 Å². The molecule has 0 amide bonds. The van der Waals surface area contributed by atoms with E-state index >= 15 is 0 Å². The van der Waals surface area contributed by atoms with Crippen LogP contribution in [0.4, 0.5) is 0 Å². The van der Waals surface area contributed by atoms with E-state index in [1.807, 2.05) is 44.4 Å². The van der Waals surface area contributed by atoms with Gasteiger partial charge in [-0.2, -0.15) is 5.48 Å². The molecule has 0 fully saturated rings. The molecule has 0 saturated heterocycles. The van der Waals surface area contributed by atoms with Gasteiger partial charge in [-0.25, -0.2) is 0 Å². The van der Waals surface area contributed by atoms with Gasteiger partial charge in [0.25, 0.3) is 0 Å². The summed E-state index contributed by atoms with van der Waals surface area (Å²) in [5.41, 5.74) is 4.07. The fourth-order valence-corrected chi connectivity index (χ4v) is 2.87. The fraction of sp³-hybridized carbons (Fsp3) is 0.611. The summed E-state index contributed by atoms with van der Waals surface area (Å²) in [6.07, 6.45) is 4.96. The van der Waals surface area contributed by atoms with E-state index in [1.54, 1.807) is 0 Å². The second-order valence-corrected chi connectivity index (χ2v) is 6.34. The molecule has 0 aliphatic heterocycles. The van der Waals surface area contributed by atoms with Gasteiger partial charge in [-0.1, -0.05) is 61.7 Å². The Bertz CT molecular complexity index is 449. The molecule has 0 bridgehead atoms. The van der Waals surface area contributed by atoms with Crippen LogP contribution in [-0.4, -0.2) is 41.7 Å². The van der Waals surface area contributed by atoms with Gasteiger partial charge in [-0.05, 0) is 26.1 Å². The third kappa shape index (κ3) is 7.12. The summed E-state index contributed by atoms with van der Waals surface area (Å²) in [5.74, 6) is 0.195. The van der Waals surface area contributed by atoms with Crippen molar-refractivity contribution in [2.75, 3.05) is 20.6 Å². The number of hydrogen-bond donors (Lipinski definition) is 3. The minimum Gasteiger partial charge on any atom is -0.411 e. The standard InChI is InChI=1S/C18H31N3O2/c1-4-5-7-12-16(14-21(2)3)18(20-23)13-17(19-22)15-10-8-6-9-11-15/h6,8-11,16-17,19,22-23H,4-5,7,12-14H2,1-3H3/b20-18-. The molecule has 2 atom stereocenters. The number of rotatable bonds is 11. The van der Waals surface area contributed by atoms with Crippen molar-refractivity contribution in [3.8, 4) is 0 Å². The first-order chi connectivity index (χ1) is 11.1. The van der Waals surface area contributed by atoms with Gasteiger partial charge in [0.15, 0.2) is 0 Å². The molecule has 130 valence electrons. The second kappa shape index (κ2) is 11.2. The minimum absolute atomic E-state index is 0.195. The maximum Gasteiger partial charge on any atom is 0.0634 e. The van der Waals surface area contributed by atoms with E-state index in [0.29, 0.717) is 6.42 Å². The highest BCUT2D eigenvalue weighted by molar-refractivity contribution is 5.87. The first-order valence-electron chi connectivity index (χ1n) is 8.42. The average Bonchev–Trinajstić information content (AvgIpc) is 2.56. The lowest BCUT2D eigenvalue weighted by atomic mass is 9.90. The molecule has 0 heterocycles. The molecular formula is C18H31N3O2. The zero-order valence-corrected chi connectivity index (χ0v) is 14.6. The van der Waals surface area contributed by atoms with Crippen LogP contribution < -0.4 is 5.48 Å². The second-order valence-electron chi connectivity index (χ2n) is 6.34. The van der Waals surface area contributed by atoms with E-state index in [9.17, 15) is 10.4 Å². The Morgan fingerprint density at radius 1 is 1.22 bits per heavy atom. The SMILES string of the molecule is CCCCCC(CN(C)C)/C(CC(NO)c1ccccc1)=N\O. The first kappa shape index (κ1) is 19.6. The number of oxime groups is 1. The Morgan fingerprint density at radius 2 is 1.91 bits per heavy atom. The molecule has 5 heteroatoms. The fourth-order valence-electron chi connectivity index (χ4n) is 2.87. The van der Waals surface area contributed by atoms with Crippen LogP contribution in [0.3, 0.4) is 0 Å². The molecule has 0 aromatic heterocycles. The van der Waals surface area contributed by atoms with Gasteiger partial charge in [-0.15, -0.1) is 0 Å². The average molecular weight is 321 g/mol. The van der Waals surface area contributed by atoms with Crippen LogP contribution in [0.5, 0.6) is 0 Å². The molecule has 1 aromatic carbocycles. The molecule has 23 heavy (non-hydrogen) atoms. The third-order valence-corrected chi connectivity index (χ3v) is 4.11. The number of hydroxylamine groups is 1. The van der Waals surface area contributed by atoms with Gasteiger partial charge < -0.3 is 15.3 Å². The summed E-state index contributed by atoms with van der Waals surface area (Å²) in [5, 5.41) is 22.6. The van der Waals surface area contributed by atoms with E-state index < -0.39 is 0 Å². The third-order valence-electron chi connectivity index (χ3n) is 4.11. The van der Waals surface area contributed by atoms with Crippen LogP contribution >= 0.6 is 0 Å². The van der Waals surface area contributed by atoms with Crippen LogP contribution in [0.2, 0.25) is 0 Å². The molecule has 1 aromatic rings. The summed E-state index contributed by atoms with van der Waals surface area (Å²) in [6.45, 7) is 3.03. The largest absolute Gasteiger partial charge is 0.411 e. The van der Waals surface area contributed by atoms with Gasteiger partial charge >= 0.3 is 0 Å². The minimum atomic E-state index is -0.266. The maximum absolute atomic E-state index is 9.52. The topological polar surface area (TPSA) is 68.1 Å². The lowest BCUT2D eigenvalue weighted by Crippen LogP contribution is -2.31. The molecular weight excluding hydrogens is 290 g/mol. The van der Waals surface area contributed by atoms with Crippen molar-refractivity contribution in [1.82, 2.24) is 10.4 Å². The number of nitrogens with zero attached hydrogens (tertiary/aromatic N) is 2. The molecule has 5 nitrogen and oxygen atoms in total. The molecule has 0 aliphatic carbocycles. The van der Waals surface area contributed by atoms with E-state index in [4.69, 9.17) is 0 Å². The van der Waals surface area contributed by atoms with Crippen molar-refractivity contribution in [3.63, 3.8) is 0 Å². The zero-order chi connectivity index (χ0) is 17.1. The van der Waals surface area contributed by atoms with Crippen molar-refractivity contribution in [2.45, 2.75) is 45.1 Å². The van der Waals surface area contributed by atoms with Crippen LogP contribution in [0.15, 0.2) is 35.5 Å². The Balaban J connectivity index is 2.80. The summed E-state index contributed by atoms with van der Waals surface area (Å²) in [4.78, 5) is 2.12. The molecule has 0 saturated carbocycles. The molecule has 0 aliphatic rings. The molecule has 1 rings (SSSR count). The highest BCUT2D eigenvalue weighted by atomic mass is 16.5. The van der Waals surface area contributed by atoms with Gasteiger partial charge in [0.2, 0.25) is 0 Å². The normalized spacial score (nSPS) is 14.9. The van der Waals surface area contributed by atoms with Crippen LogP contribution in [-0.2, 0) is 0 Å². The summed E-state index contributed by atoms with van der Waals surface area (Å²) >= 11 is 0. The van der Waals surface area contributed by atoms with Gasteiger partial charge in [0.05, 0.1) is 11.8 Å². The predicted molar refractivity (Wildman–Crippen MR) is 94.1 cm³/mol. The van der Waals surface area contributed by atoms with Crippen LogP contribution in [0, 0.1) is 5.92 Å². The van der Waals surface area contributed by atoms with Crippen molar-refractivity contribution in [2.24, 2.45) is 11.1 Å². The maximum atomic E-state index is 9.52. The Labute approximate surface area is 140 Å². The van der Waals surface area contributed by atoms with Gasteiger partial charge in [-0.3, -0.25) is 0 Å². The number of hydrogen-bond acceptors (Lipinski definition) is 5. The number of benzene rings is 1. The highest BCUT2D eigenvalue weighted by Crippen LogP contribution is 2.22. The van der Waals surface area contributed by atoms with E-state index in [-0.39, 0.29) is 12.0 Å². The van der Waals surface area contributed by atoms with Crippen molar-refractivity contribution >= 4 is 5.71 Å². The molecule has 0 radical (unpaired) electrons. The van der Waals surface area contributed by atoms with E-state index in [0.717, 1.165) is 30.7 Å². The quantitative estimate of drug-likeness (QED) is 0.252. The zero-order valence-electron chi connectivity index (χ0n) is 14.6. The lowest BCUT2D eigenvalue weighted by Gasteiger charge is -2.24.